The molecule has 1 aliphatic heterocycles. The molecular weight excluding hydrogens is 445 g/mol. The molecule has 0 bridgehead atoms. The SMILES string of the molecule is CCC1(C)NC(=O)N(CCCNC(=NC)NC2CCC(C)CC2)C1=O.I. The smallest absolute Gasteiger partial charge is 0.325 e. The summed E-state index contributed by atoms with van der Waals surface area (Å²) in [6, 6.07) is 0.201. The molecule has 7 nitrogen and oxygen atoms in total. The molecular formula is C18H34IN5O2. The van der Waals surface area contributed by atoms with E-state index in [2.05, 4.69) is 27.9 Å². The number of nitrogens with one attached hydrogen (secondary N) is 3. The predicted octanol–water partition coefficient (Wildman–Crippen LogP) is 2.46. The number of urea groups is 1. The van der Waals surface area contributed by atoms with E-state index in [0.29, 0.717) is 32.0 Å². The largest absolute Gasteiger partial charge is 0.356 e. The van der Waals surface area contributed by atoms with Gasteiger partial charge in [-0.2, -0.15) is 0 Å². The topological polar surface area (TPSA) is 85.8 Å². The number of hydrogen-bond donors (Lipinski definition) is 3. The summed E-state index contributed by atoms with van der Waals surface area (Å²) in [5.74, 6) is 1.50. The van der Waals surface area contributed by atoms with E-state index in [1.165, 1.54) is 30.6 Å². The molecule has 0 spiro atoms. The summed E-state index contributed by atoms with van der Waals surface area (Å²) < 4.78 is 0. The van der Waals surface area contributed by atoms with Crippen LogP contribution in [-0.4, -0.2) is 54.5 Å². The lowest BCUT2D eigenvalue weighted by Crippen LogP contribution is -2.45. The Morgan fingerprint density at radius 2 is 1.96 bits per heavy atom. The average Bonchev–Trinajstić information content (AvgIpc) is 2.82. The first kappa shape index (κ1) is 23.0. The summed E-state index contributed by atoms with van der Waals surface area (Å²) in [6.45, 7) is 7.09. The predicted molar refractivity (Wildman–Crippen MR) is 115 cm³/mol. The van der Waals surface area contributed by atoms with Crippen molar-refractivity contribution >= 4 is 41.9 Å². The zero-order chi connectivity index (χ0) is 18.4. The van der Waals surface area contributed by atoms with Gasteiger partial charge in [-0.1, -0.05) is 13.8 Å². The second kappa shape index (κ2) is 10.3. The molecule has 8 heteroatoms. The first-order valence-corrected chi connectivity index (χ1v) is 9.51. The molecule has 3 N–H and O–H groups in total. The molecule has 0 aromatic carbocycles. The summed E-state index contributed by atoms with van der Waals surface area (Å²) in [6.07, 6.45) is 6.18. The van der Waals surface area contributed by atoms with E-state index in [4.69, 9.17) is 0 Å². The normalized spacial score (nSPS) is 29.2. The minimum atomic E-state index is -0.750. The second-order valence-corrected chi connectivity index (χ2v) is 7.53. The van der Waals surface area contributed by atoms with Gasteiger partial charge in [0.05, 0.1) is 0 Å². The lowest BCUT2D eigenvalue weighted by atomic mass is 9.87. The summed E-state index contributed by atoms with van der Waals surface area (Å²) >= 11 is 0. The van der Waals surface area contributed by atoms with E-state index in [9.17, 15) is 9.59 Å². The Morgan fingerprint density at radius 1 is 1.31 bits per heavy atom. The Morgan fingerprint density at radius 3 is 2.50 bits per heavy atom. The average molecular weight is 479 g/mol. The molecule has 0 aromatic rings. The molecule has 3 amide bonds. The van der Waals surface area contributed by atoms with Crippen LogP contribution >= 0.6 is 24.0 Å². The first-order chi connectivity index (χ1) is 11.9. The lowest BCUT2D eigenvalue weighted by molar-refractivity contribution is -0.130. The van der Waals surface area contributed by atoms with E-state index in [1.807, 2.05) is 6.92 Å². The number of halogens is 1. The van der Waals surface area contributed by atoms with Crippen molar-refractivity contribution in [2.45, 2.75) is 70.9 Å². The number of aliphatic imine (C=N–C) groups is 1. The molecule has 0 aromatic heterocycles. The van der Waals surface area contributed by atoms with Crippen molar-refractivity contribution in [3.63, 3.8) is 0 Å². The van der Waals surface area contributed by atoms with Crippen molar-refractivity contribution in [2.24, 2.45) is 10.9 Å². The number of hydrogen-bond acceptors (Lipinski definition) is 3. The van der Waals surface area contributed by atoms with E-state index >= 15 is 0 Å². The Kier molecular flexibility index (Phi) is 9.12. The van der Waals surface area contributed by atoms with Crippen molar-refractivity contribution < 1.29 is 9.59 Å². The molecule has 2 fully saturated rings. The molecule has 1 atom stereocenters. The number of carbonyl (C=O) groups excluding carboxylic acids is 2. The van der Waals surface area contributed by atoms with Gasteiger partial charge in [0.1, 0.15) is 5.54 Å². The molecule has 1 aliphatic carbocycles. The monoisotopic (exact) mass is 479 g/mol. The summed E-state index contributed by atoms with van der Waals surface area (Å²) in [4.78, 5) is 29.9. The third-order valence-corrected chi connectivity index (χ3v) is 5.48. The number of imide groups is 1. The fourth-order valence-electron chi connectivity index (χ4n) is 3.43. The van der Waals surface area contributed by atoms with Gasteiger partial charge in [-0.15, -0.1) is 24.0 Å². The Balaban J connectivity index is 0.00000338. The van der Waals surface area contributed by atoms with Crippen LogP contribution in [-0.2, 0) is 4.79 Å². The van der Waals surface area contributed by atoms with Gasteiger partial charge in [0.15, 0.2) is 5.96 Å². The van der Waals surface area contributed by atoms with Gasteiger partial charge < -0.3 is 16.0 Å². The first-order valence-electron chi connectivity index (χ1n) is 9.51. The van der Waals surface area contributed by atoms with Crippen molar-refractivity contribution in [1.82, 2.24) is 20.9 Å². The fourth-order valence-corrected chi connectivity index (χ4v) is 3.43. The molecule has 1 saturated carbocycles. The van der Waals surface area contributed by atoms with Crippen molar-refractivity contribution in [3.05, 3.63) is 0 Å². The van der Waals surface area contributed by atoms with Gasteiger partial charge in [-0.25, -0.2) is 4.79 Å². The van der Waals surface area contributed by atoms with Gasteiger partial charge >= 0.3 is 6.03 Å². The molecule has 0 radical (unpaired) electrons. The fraction of sp³-hybridized carbons (Fsp3) is 0.833. The second-order valence-electron chi connectivity index (χ2n) is 7.53. The van der Waals surface area contributed by atoms with Crippen LogP contribution in [0.15, 0.2) is 4.99 Å². The maximum absolute atomic E-state index is 12.3. The van der Waals surface area contributed by atoms with Crippen LogP contribution in [0.2, 0.25) is 0 Å². The van der Waals surface area contributed by atoms with Gasteiger partial charge in [0.25, 0.3) is 5.91 Å². The molecule has 1 unspecified atom stereocenters. The van der Waals surface area contributed by atoms with Gasteiger partial charge in [0.2, 0.25) is 0 Å². The van der Waals surface area contributed by atoms with Crippen LogP contribution < -0.4 is 16.0 Å². The molecule has 1 heterocycles. The van der Waals surface area contributed by atoms with Crippen molar-refractivity contribution in [3.8, 4) is 0 Å². The summed E-state index contributed by atoms with van der Waals surface area (Å²) in [7, 11) is 1.77. The lowest BCUT2D eigenvalue weighted by Gasteiger charge is -2.28. The number of nitrogens with zero attached hydrogens (tertiary/aromatic N) is 2. The quantitative estimate of drug-likeness (QED) is 0.180. The minimum Gasteiger partial charge on any atom is -0.356 e. The van der Waals surface area contributed by atoms with Crippen LogP contribution in [0.3, 0.4) is 0 Å². The van der Waals surface area contributed by atoms with Crippen LogP contribution in [0.25, 0.3) is 0 Å². The molecule has 150 valence electrons. The Hall–Kier alpha value is -1.06. The zero-order valence-electron chi connectivity index (χ0n) is 16.4. The molecule has 1 saturated heterocycles. The number of carbonyl (C=O) groups is 2. The highest BCUT2D eigenvalue weighted by Gasteiger charge is 2.45. The maximum atomic E-state index is 12.3. The zero-order valence-corrected chi connectivity index (χ0v) is 18.8. The van der Waals surface area contributed by atoms with E-state index < -0.39 is 5.54 Å². The molecule has 2 aliphatic rings. The summed E-state index contributed by atoms with van der Waals surface area (Å²) in [5, 5.41) is 9.54. The number of guanidine groups is 1. The number of amides is 3. The van der Waals surface area contributed by atoms with E-state index in [-0.39, 0.29) is 35.9 Å². The third kappa shape index (κ3) is 5.72. The Labute approximate surface area is 174 Å². The Bertz CT molecular complexity index is 520. The van der Waals surface area contributed by atoms with Crippen molar-refractivity contribution in [2.75, 3.05) is 20.1 Å². The van der Waals surface area contributed by atoms with Crippen LogP contribution in [0.4, 0.5) is 4.79 Å². The number of rotatable bonds is 6. The molecule has 2 rings (SSSR count). The maximum Gasteiger partial charge on any atom is 0.325 e. The van der Waals surface area contributed by atoms with Gasteiger partial charge in [-0.05, 0) is 51.4 Å². The van der Waals surface area contributed by atoms with Crippen LogP contribution in [0.5, 0.6) is 0 Å². The highest BCUT2D eigenvalue weighted by molar-refractivity contribution is 14.0. The highest BCUT2D eigenvalue weighted by atomic mass is 127. The third-order valence-electron chi connectivity index (χ3n) is 5.48. The molecule has 26 heavy (non-hydrogen) atoms. The van der Waals surface area contributed by atoms with E-state index in [0.717, 1.165) is 11.9 Å². The summed E-state index contributed by atoms with van der Waals surface area (Å²) in [5.41, 5.74) is -0.750. The van der Waals surface area contributed by atoms with Gasteiger partial charge in [0, 0.05) is 26.2 Å². The van der Waals surface area contributed by atoms with Gasteiger partial charge in [-0.3, -0.25) is 14.7 Å². The highest BCUT2D eigenvalue weighted by Crippen LogP contribution is 2.23. The van der Waals surface area contributed by atoms with E-state index in [1.54, 1.807) is 14.0 Å². The standard InChI is InChI=1S/C18H33N5O2.HI/c1-5-18(3)15(24)23(17(25)22-18)12-6-11-20-16(19-4)21-14-9-7-13(2)8-10-14;/h13-14H,5-12H2,1-4H3,(H,22,25)(H2,19,20,21);1H. The van der Waals surface area contributed by atoms with Crippen molar-refractivity contribution in [1.29, 1.82) is 0 Å². The van der Waals surface area contributed by atoms with Crippen LogP contribution in [0.1, 0.15) is 59.3 Å². The van der Waals surface area contributed by atoms with Crippen LogP contribution in [0, 0.1) is 5.92 Å². The minimum absolute atomic E-state index is 0.